The van der Waals surface area contributed by atoms with Crippen molar-refractivity contribution < 1.29 is 4.79 Å². The molecule has 0 saturated heterocycles. The number of nitrogens with zero attached hydrogens (tertiary/aromatic N) is 4. The molecule has 0 saturated carbocycles. The maximum absolute atomic E-state index is 12.3. The number of rotatable bonds is 10. The van der Waals surface area contributed by atoms with E-state index in [0.717, 1.165) is 37.0 Å². The van der Waals surface area contributed by atoms with Gasteiger partial charge in [0.15, 0.2) is 0 Å². The van der Waals surface area contributed by atoms with Crippen LogP contribution in [0.2, 0.25) is 0 Å². The van der Waals surface area contributed by atoms with E-state index in [1.807, 2.05) is 36.9 Å². The van der Waals surface area contributed by atoms with Crippen LogP contribution in [0.4, 0.5) is 5.13 Å². The van der Waals surface area contributed by atoms with E-state index in [1.54, 1.807) is 0 Å². The lowest BCUT2D eigenvalue weighted by molar-refractivity contribution is -0.130. The third kappa shape index (κ3) is 6.09. The van der Waals surface area contributed by atoms with Crippen LogP contribution >= 0.6 is 11.5 Å². The standard InChI is InChI=1S/C20H30N4OS/c1-5-23(6-2)19(25)12-13-24(15-16(3)4)20-21-18(22-26-20)14-17-10-8-7-9-11-17/h7-11,16H,5-6,12-15H2,1-4H3. The van der Waals surface area contributed by atoms with E-state index in [9.17, 15) is 4.79 Å². The van der Waals surface area contributed by atoms with Gasteiger partial charge in [-0.2, -0.15) is 4.37 Å². The first kappa shape index (κ1) is 20.4. The second-order valence-corrected chi connectivity index (χ2v) is 7.54. The van der Waals surface area contributed by atoms with Crippen molar-refractivity contribution in [2.45, 2.75) is 40.5 Å². The molecule has 0 radical (unpaired) electrons. The topological polar surface area (TPSA) is 49.3 Å². The van der Waals surface area contributed by atoms with Gasteiger partial charge < -0.3 is 9.80 Å². The number of aromatic nitrogens is 2. The predicted molar refractivity (Wildman–Crippen MR) is 109 cm³/mol. The van der Waals surface area contributed by atoms with Crippen LogP contribution in [0.5, 0.6) is 0 Å². The molecule has 2 rings (SSSR count). The second kappa shape index (κ2) is 10.3. The predicted octanol–water partition coefficient (Wildman–Crippen LogP) is 3.85. The Morgan fingerprint density at radius 1 is 1.15 bits per heavy atom. The lowest BCUT2D eigenvalue weighted by atomic mass is 10.1. The molecular weight excluding hydrogens is 344 g/mol. The summed E-state index contributed by atoms with van der Waals surface area (Å²) in [5, 5.41) is 0.914. The van der Waals surface area contributed by atoms with Crippen LogP contribution in [0.1, 0.15) is 45.5 Å². The Bertz CT molecular complexity index is 667. The molecule has 0 aliphatic carbocycles. The number of carbonyl (C=O) groups excluding carboxylic acids is 1. The molecule has 1 aromatic carbocycles. The van der Waals surface area contributed by atoms with E-state index in [1.165, 1.54) is 17.1 Å². The number of anilines is 1. The summed E-state index contributed by atoms with van der Waals surface area (Å²) >= 11 is 1.43. The summed E-state index contributed by atoms with van der Waals surface area (Å²) in [6.07, 6.45) is 1.26. The van der Waals surface area contributed by atoms with Crippen molar-refractivity contribution in [1.29, 1.82) is 0 Å². The molecule has 1 amide bonds. The van der Waals surface area contributed by atoms with Gasteiger partial charge in [0.1, 0.15) is 5.82 Å². The lowest BCUT2D eigenvalue weighted by Gasteiger charge is -2.25. The van der Waals surface area contributed by atoms with Crippen LogP contribution in [0.25, 0.3) is 0 Å². The van der Waals surface area contributed by atoms with Gasteiger partial charge in [0.05, 0.1) is 0 Å². The summed E-state index contributed by atoms with van der Waals surface area (Å²) in [5.74, 6) is 1.55. The molecule has 0 aliphatic heterocycles. The highest BCUT2D eigenvalue weighted by molar-refractivity contribution is 7.09. The highest BCUT2D eigenvalue weighted by Gasteiger charge is 2.17. The molecule has 1 heterocycles. The first-order valence-corrected chi connectivity index (χ1v) is 10.2. The van der Waals surface area contributed by atoms with Gasteiger partial charge in [-0.3, -0.25) is 4.79 Å². The van der Waals surface area contributed by atoms with Gasteiger partial charge in [-0.05, 0) is 25.3 Å². The number of amides is 1. The highest BCUT2D eigenvalue weighted by atomic mass is 32.1. The minimum Gasteiger partial charge on any atom is -0.346 e. The number of carbonyl (C=O) groups is 1. The molecule has 0 bridgehead atoms. The number of hydrogen-bond donors (Lipinski definition) is 0. The number of benzene rings is 1. The molecule has 26 heavy (non-hydrogen) atoms. The van der Waals surface area contributed by atoms with Gasteiger partial charge in [0.2, 0.25) is 11.0 Å². The molecule has 0 atom stereocenters. The first-order chi connectivity index (χ1) is 12.5. The summed E-state index contributed by atoms with van der Waals surface area (Å²) in [6.45, 7) is 11.5. The Kier molecular flexibility index (Phi) is 8.04. The van der Waals surface area contributed by atoms with Crippen LogP contribution < -0.4 is 4.90 Å². The third-order valence-electron chi connectivity index (χ3n) is 4.23. The maximum atomic E-state index is 12.3. The summed E-state index contributed by atoms with van der Waals surface area (Å²) in [7, 11) is 0. The van der Waals surface area contributed by atoms with Crippen molar-refractivity contribution in [3.63, 3.8) is 0 Å². The van der Waals surface area contributed by atoms with Crippen LogP contribution in [0.15, 0.2) is 30.3 Å². The summed E-state index contributed by atoms with van der Waals surface area (Å²) in [5.41, 5.74) is 1.21. The molecule has 0 N–H and O–H groups in total. The summed E-state index contributed by atoms with van der Waals surface area (Å²) in [6, 6.07) is 10.3. The number of hydrogen-bond acceptors (Lipinski definition) is 5. The van der Waals surface area contributed by atoms with Crippen LogP contribution in [-0.2, 0) is 11.2 Å². The molecule has 1 aromatic heterocycles. The van der Waals surface area contributed by atoms with Crippen molar-refractivity contribution >= 4 is 22.6 Å². The first-order valence-electron chi connectivity index (χ1n) is 9.42. The fourth-order valence-electron chi connectivity index (χ4n) is 2.89. The minimum absolute atomic E-state index is 0.206. The van der Waals surface area contributed by atoms with E-state index in [-0.39, 0.29) is 5.91 Å². The molecule has 0 aliphatic rings. The second-order valence-electron chi connectivity index (χ2n) is 6.81. The molecular formula is C20H30N4OS. The van der Waals surface area contributed by atoms with Crippen molar-refractivity contribution in [3.05, 3.63) is 41.7 Å². The average molecular weight is 375 g/mol. The zero-order valence-electron chi connectivity index (χ0n) is 16.3. The SMILES string of the molecule is CCN(CC)C(=O)CCN(CC(C)C)c1nc(Cc2ccccc2)ns1. The van der Waals surface area contributed by atoms with Gasteiger partial charge in [0, 0.05) is 50.6 Å². The van der Waals surface area contributed by atoms with Crippen molar-refractivity contribution in [2.24, 2.45) is 5.92 Å². The zero-order valence-corrected chi connectivity index (χ0v) is 17.1. The van der Waals surface area contributed by atoms with E-state index in [2.05, 4.69) is 35.3 Å². The van der Waals surface area contributed by atoms with E-state index in [0.29, 0.717) is 18.9 Å². The van der Waals surface area contributed by atoms with Crippen molar-refractivity contribution in [1.82, 2.24) is 14.3 Å². The van der Waals surface area contributed by atoms with Crippen molar-refractivity contribution in [3.8, 4) is 0 Å². The van der Waals surface area contributed by atoms with Crippen LogP contribution in [-0.4, -0.2) is 46.3 Å². The fraction of sp³-hybridized carbons (Fsp3) is 0.550. The molecule has 142 valence electrons. The van der Waals surface area contributed by atoms with Crippen molar-refractivity contribution in [2.75, 3.05) is 31.1 Å². The molecule has 6 heteroatoms. The van der Waals surface area contributed by atoms with Gasteiger partial charge in [-0.25, -0.2) is 4.98 Å². The summed E-state index contributed by atoms with van der Waals surface area (Å²) in [4.78, 5) is 21.2. The lowest BCUT2D eigenvalue weighted by Crippen LogP contribution is -2.35. The monoisotopic (exact) mass is 374 g/mol. The third-order valence-corrected chi connectivity index (χ3v) is 5.05. The quantitative estimate of drug-likeness (QED) is 0.634. The Morgan fingerprint density at radius 3 is 2.46 bits per heavy atom. The van der Waals surface area contributed by atoms with Crippen LogP contribution in [0.3, 0.4) is 0 Å². The molecule has 0 fully saturated rings. The fourth-order valence-corrected chi connectivity index (χ4v) is 3.61. The molecule has 0 unspecified atom stereocenters. The molecule has 2 aromatic rings. The average Bonchev–Trinajstić information content (AvgIpc) is 3.08. The Morgan fingerprint density at radius 2 is 1.85 bits per heavy atom. The Labute approximate surface area is 161 Å². The van der Waals surface area contributed by atoms with Gasteiger partial charge in [-0.15, -0.1) is 0 Å². The minimum atomic E-state index is 0.206. The normalized spacial score (nSPS) is 11.0. The van der Waals surface area contributed by atoms with E-state index in [4.69, 9.17) is 4.98 Å². The Hall–Kier alpha value is -1.95. The summed E-state index contributed by atoms with van der Waals surface area (Å²) < 4.78 is 4.53. The zero-order chi connectivity index (χ0) is 18.9. The van der Waals surface area contributed by atoms with Crippen LogP contribution in [0, 0.1) is 5.92 Å². The van der Waals surface area contributed by atoms with Gasteiger partial charge >= 0.3 is 0 Å². The van der Waals surface area contributed by atoms with Gasteiger partial charge in [0.25, 0.3) is 0 Å². The van der Waals surface area contributed by atoms with Gasteiger partial charge in [-0.1, -0.05) is 44.2 Å². The smallest absolute Gasteiger partial charge is 0.224 e. The Balaban J connectivity index is 2.03. The van der Waals surface area contributed by atoms with E-state index >= 15 is 0 Å². The maximum Gasteiger partial charge on any atom is 0.224 e. The molecule has 5 nitrogen and oxygen atoms in total. The van der Waals surface area contributed by atoms with E-state index < -0.39 is 0 Å². The highest BCUT2D eigenvalue weighted by Crippen LogP contribution is 2.20. The largest absolute Gasteiger partial charge is 0.346 e. The molecule has 0 spiro atoms.